The van der Waals surface area contributed by atoms with Crippen LogP contribution in [0.2, 0.25) is 0 Å². The molecule has 0 heterocycles. The summed E-state index contributed by atoms with van der Waals surface area (Å²) < 4.78 is 0. The molecule has 0 saturated heterocycles. The van der Waals surface area contributed by atoms with Crippen LogP contribution < -0.4 is 0 Å². The predicted molar refractivity (Wildman–Crippen MR) is 9.94 cm³/mol. The van der Waals surface area contributed by atoms with Gasteiger partial charge in [0.2, 0.25) is 0 Å². The molecule has 5 heavy (non-hydrogen) atoms. The Hall–Kier alpha value is 3.06. The zero-order chi connectivity index (χ0) is 0. The fraction of sp³-hybridized carbons (Fsp3) is 0. The summed E-state index contributed by atoms with van der Waals surface area (Å²) in [6, 6.07) is 0. The van der Waals surface area contributed by atoms with Gasteiger partial charge in [-0.15, -0.1) is 0 Å². The van der Waals surface area contributed by atoms with Crippen molar-refractivity contribution in [2.24, 2.45) is 0 Å². The molecule has 0 amide bonds. The quantitative estimate of drug-likeness (QED) is 0.491. The van der Waals surface area contributed by atoms with Crippen LogP contribution in [-0.2, 0) is 79.1 Å². The summed E-state index contributed by atoms with van der Waals surface area (Å²) in [4.78, 5) is 0. The summed E-state index contributed by atoms with van der Waals surface area (Å²) in [5.74, 6) is 0. The van der Waals surface area contributed by atoms with Gasteiger partial charge >= 0.3 is 0 Å². The molecule has 0 nitrogen and oxygen atoms in total. The maximum atomic E-state index is 0. The molecule has 0 aliphatic heterocycles. The van der Waals surface area contributed by atoms with E-state index in [0.29, 0.717) is 0 Å². The van der Waals surface area contributed by atoms with Crippen molar-refractivity contribution in [3.05, 3.63) is 0 Å². The van der Waals surface area contributed by atoms with Crippen LogP contribution in [0.25, 0.3) is 0 Å². The van der Waals surface area contributed by atoms with Crippen LogP contribution in [0, 0.1) is 0 Å². The normalized spacial score (nSPS) is 0. The second kappa shape index (κ2) is 27.7. The average molecular weight is 326 g/mol. The molecular weight excluding hydrogens is 323 g/mol. The van der Waals surface area contributed by atoms with Gasteiger partial charge in [0, 0.05) is 79.1 Å². The molecule has 0 rings (SSSR count). The molecule has 0 saturated carbocycles. The minimum Gasteiger partial charge on any atom is 0 e. The molecule has 5 heteroatoms. The largest absolute Gasteiger partial charge is 0.187 e. The third-order valence-corrected chi connectivity index (χ3v) is 0. The molecular formula is H3AlFeMoNbV. The second-order valence-electron chi connectivity index (χ2n) is 0. The number of rotatable bonds is 0. The van der Waals surface area contributed by atoms with Gasteiger partial charge in [-0.2, -0.15) is 0 Å². The van der Waals surface area contributed by atoms with Gasteiger partial charge in [-0.05, 0) is 0 Å². The van der Waals surface area contributed by atoms with E-state index in [-0.39, 0.29) is 96.4 Å². The third-order valence-electron chi connectivity index (χ3n) is 0. The molecule has 30 valence electrons. The van der Waals surface area contributed by atoms with Gasteiger partial charge in [-0.1, -0.05) is 0 Å². The fourth-order valence-electron chi connectivity index (χ4n) is 0. The fourth-order valence-corrected chi connectivity index (χ4v) is 0. The van der Waals surface area contributed by atoms with Crippen molar-refractivity contribution in [2.45, 2.75) is 0 Å². The van der Waals surface area contributed by atoms with E-state index in [1.54, 1.807) is 0 Å². The van der Waals surface area contributed by atoms with Crippen LogP contribution in [0.5, 0.6) is 0 Å². The summed E-state index contributed by atoms with van der Waals surface area (Å²) >= 11 is 0. The average Bonchev–Trinajstić information content (AvgIpc) is 0. The minimum atomic E-state index is 0. The summed E-state index contributed by atoms with van der Waals surface area (Å²) in [5.41, 5.74) is 0. The molecule has 0 aromatic heterocycles. The van der Waals surface area contributed by atoms with E-state index in [4.69, 9.17) is 0 Å². The van der Waals surface area contributed by atoms with E-state index in [1.165, 1.54) is 0 Å². The molecule has 0 aromatic rings. The molecule has 0 unspecified atom stereocenters. The first-order valence-electron chi connectivity index (χ1n) is 0. The maximum Gasteiger partial charge on any atom is 0.187 e. The monoisotopic (exact) mass is 328 g/mol. The summed E-state index contributed by atoms with van der Waals surface area (Å²) in [6.45, 7) is 0. The van der Waals surface area contributed by atoms with Crippen LogP contribution >= 0.6 is 0 Å². The Bertz CT molecular complexity index is 11.6. The van der Waals surface area contributed by atoms with Crippen molar-refractivity contribution in [3.63, 3.8) is 0 Å². The van der Waals surface area contributed by atoms with Gasteiger partial charge in [0.1, 0.15) is 0 Å². The molecule has 0 N–H and O–H groups in total. The van der Waals surface area contributed by atoms with Crippen molar-refractivity contribution in [3.8, 4) is 0 Å². The summed E-state index contributed by atoms with van der Waals surface area (Å²) in [7, 11) is 0. The van der Waals surface area contributed by atoms with E-state index in [1.807, 2.05) is 0 Å². The van der Waals surface area contributed by atoms with Crippen LogP contribution in [-0.4, -0.2) is 17.4 Å². The van der Waals surface area contributed by atoms with E-state index in [2.05, 4.69) is 0 Å². The number of hydrogen-bond acceptors (Lipinski definition) is 0. The zero-order valence-electron chi connectivity index (χ0n) is 1.66. The van der Waals surface area contributed by atoms with Crippen molar-refractivity contribution in [2.75, 3.05) is 0 Å². The van der Waals surface area contributed by atoms with Gasteiger partial charge in [0.25, 0.3) is 0 Å². The molecule has 0 aliphatic rings. The van der Waals surface area contributed by atoms with Crippen LogP contribution in [0.15, 0.2) is 0 Å². The Balaban J connectivity index is 0. The minimum absolute atomic E-state index is 0. The molecule has 0 bridgehead atoms. The Kier molecular flexibility index (Phi) is 237. The molecule has 0 fully saturated rings. The van der Waals surface area contributed by atoms with Gasteiger partial charge < -0.3 is 0 Å². The predicted octanol–water partition coefficient (Wildman–Crippen LogP) is -1.19. The SMILES string of the molecule is [AlH3].[Fe].[Mo].[Nb].[V]. The first kappa shape index (κ1) is 42.9. The Morgan fingerprint density at radius 3 is 1.00 bits per heavy atom. The van der Waals surface area contributed by atoms with Gasteiger partial charge in [-0.25, -0.2) is 0 Å². The van der Waals surface area contributed by atoms with Crippen molar-refractivity contribution >= 4 is 17.4 Å². The van der Waals surface area contributed by atoms with Gasteiger partial charge in [0.05, 0.1) is 0 Å². The second-order valence-corrected chi connectivity index (χ2v) is 0. The smallest absolute Gasteiger partial charge is 0 e. The van der Waals surface area contributed by atoms with Gasteiger partial charge in [-0.3, -0.25) is 0 Å². The van der Waals surface area contributed by atoms with Crippen LogP contribution in [0.3, 0.4) is 0 Å². The molecule has 0 spiro atoms. The van der Waals surface area contributed by atoms with E-state index in [0.717, 1.165) is 0 Å². The topological polar surface area (TPSA) is 0 Å². The number of hydrogen-bond donors (Lipinski definition) is 0. The van der Waals surface area contributed by atoms with E-state index >= 15 is 0 Å². The van der Waals surface area contributed by atoms with Crippen molar-refractivity contribution in [1.82, 2.24) is 0 Å². The van der Waals surface area contributed by atoms with Crippen LogP contribution in [0.1, 0.15) is 0 Å². The Labute approximate surface area is 94.9 Å². The van der Waals surface area contributed by atoms with Gasteiger partial charge in [0.15, 0.2) is 17.4 Å². The van der Waals surface area contributed by atoms with Crippen molar-refractivity contribution < 1.29 is 79.1 Å². The molecule has 2 radical (unpaired) electrons. The molecule has 0 aromatic carbocycles. The van der Waals surface area contributed by atoms with E-state index in [9.17, 15) is 0 Å². The van der Waals surface area contributed by atoms with Crippen molar-refractivity contribution in [1.29, 1.82) is 0 Å². The zero-order valence-corrected chi connectivity index (χ0v) is 8.36. The Morgan fingerprint density at radius 2 is 1.00 bits per heavy atom. The first-order valence-corrected chi connectivity index (χ1v) is 0. The Morgan fingerprint density at radius 1 is 1.00 bits per heavy atom. The van der Waals surface area contributed by atoms with E-state index < -0.39 is 0 Å². The standard InChI is InChI=1S/Al.Fe.Mo.Nb.V.3H. The maximum absolute atomic E-state index is 0. The third kappa shape index (κ3) is 19.3. The first-order chi connectivity index (χ1) is 0. The summed E-state index contributed by atoms with van der Waals surface area (Å²) in [5, 5.41) is 0. The summed E-state index contributed by atoms with van der Waals surface area (Å²) in [6.07, 6.45) is 0. The molecule has 0 aliphatic carbocycles. The van der Waals surface area contributed by atoms with Crippen LogP contribution in [0.4, 0.5) is 0 Å². The molecule has 0 atom stereocenters.